The lowest BCUT2D eigenvalue weighted by atomic mass is 9.87. The van der Waals surface area contributed by atoms with Crippen molar-refractivity contribution in [1.29, 1.82) is 0 Å². The average Bonchev–Trinajstić information content (AvgIpc) is 2.30. The summed E-state index contributed by atoms with van der Waals surface area (Å²) in [6.45, 7) is 20.5. The molecule has 0 aliphatic rings. The van der Waals surface area contributed by atoms with Crippen LogP contribution in [0.5, 0.6) is 0 Å². The van der Waals surface area contributed by atoms with Crippen LogP contribution in [-0.2, 0) is 4.79 Å². The van der Waals surface area contributed by atoms with Gasteiger partial charge in [0, 0.05) is 11.2 Å². The van der Waals surface area contributed by atoms with Gasteiger partial charge in [-0.05, 0) is 43.7 Å². The van der Waals surface area contributed by atoms with Crippen molar-refractivity contribution in [3.05, 3.63) is 48.6 Å². The highest BCUT2D eigenvalue weighted by Crippen LogP contribution is 2.44. The van der Waals surface area contributed by atoms with E-state index >= 15 is 0 Å². The van der Waals surface area contributed by atoms with Gasteiger partial charge in [0.2, 0.25) is 0 Å². The summed E-state index contributed by atoms with van der Waals surface area (Å²) in [5.74, 6) is 0.0651. The van der Waals surface area contributed by atoms with E-state index in [0.29, 0.717) is 11.2 Å². The Balaban J connectivity index is 5.58. The normalized spacial score (nSPS) is 15.2. The SMILES string of the molecule is C=C/C=C(\C=C(/C=C)C(CC(C)(C)C)P(C)C)C(C)=O. The number of carbonyl (C=O) groups excluding carboxylic acids is 1. The number of rotatable bonds is 7. The van der Waals surface area contributed by atoms with Crippen LogP contribution in [0.15, 0.2) is 48.6 Å². The summed E-state index contributed by atoms with van der Waals surface area (Å²) in [7, 11) is -0.136. The van der Waals surface area contributed by atoms with Crippen LogP contribution >= 0.6 is 7.92 Å². The Hall–Kier alpha value is -0.940. The van der Waals surface area contributed by atoms with Crippen LogP contribution in [0.25, 0.3) is 0 Å². The van der Waals surface area contributed by atoms with Crippen LogP contribution < -0.4 is 0 Å². The van der Waals surface area contributed by atoms with Gasteiger partial charge in [0.05, 0.1) is 0 Å². The van der Waals surface area contributed by atoms with Gasteiger partial charge in [0.25, 0.3) is 0 Å². The molecule has 0 saturated carbocycles. The second kappa shape index (κ2) is 8.37. The van der Waals surface area contributed by atoms with Gasteiger partial charge in [-0.15, -0.1) is 7.92 Å². The quantitative estimate of drug-likeness (QED) is 0.351. The molecule has 2 heteroatoms. The molecule has 112 valence electrons. The van der Waals surface area contributed by atoms with Gasteiger partial charge in [-0.2, -0.15) is 0 Å². The first-order valence-corrected chi connectivity index (χ1v) is 9.27. The Kier molecular flexibility index (Phi) is 7.98. The van der Waals surface area contributed by atoms with E-state index in [1.165, 1.54) is 5.57 Å². The van der Waals surface area contributed by atoms with E-state index in [1.807, 2.05) is 12.2 Å². The lowest BCUT2D eigenvalue weighted by molar-refractivity contribution is -0.113. The lowest BCUT2D eigenvalue weighted by Gasteiger charge is -2.30. The second-order valence-corrected chi connectivity index (χ2v) is 9.06. The van der Waals surface area contributed by atoms with Crippen molar-refractivity contribution >= 4 is 13.7 Å². The number of hydrogen-bond donors (Lipinski definition) is 0. The van der Waals surface area contributed by atoms with Crippen molar-refractivity contribution in [1.82, 2.24) is 0 Å². The zero-order valence-corrected chi connectivity index (χ0v) is 14.8. The standard InChI is InChI=1S/C18H29OP/c1-9-11-16(14(3)19)12-15(10-2)17(20(7)8)13-18(4,5)6/h9-12,17H,1-2,13H2,3-8H3/b15-12+,16-11+. The van der Waals surface area contributed by atoms with Crippen molar-refractivity contribution in [2.45, 2.75) is 39.8 Å². The fourth-order valence-electron chi connectivity index (χ4n) is 2.04. The molecule has 0 amide bonds. The lowest BCUT2D eigenvalue weighted by Crippen LogP contribution is -2.18. The molecule has 0 aromatic carbocycles. The van der Waals surface area contributed by atoms with Gasteiger partial charge in [-0.1, -0.05) is 52.2 Å². The molecular formula is C18H29OP. The minimum absolute atomic E-state index is 0.0651. The van der Waals surface area contributed by atoms with Crippen LogP contribution in [0.3, 0.4) is 0 Å². The average molecular weight is 292 g/mol. The monoisotopic (exact) mass is 292 g/mol. The van der Waals surface area contributed by atoms with E-state index in [9.17, 15) is 4.79 Å². The van der Waals surface area contributed by atoms with Crippen molar-refractivity contribution in [3.63, 3.8) is 0 Å². The molecule has 0 heterocycles. The Morgan fingerprint density at radius 2 is 1.80 bits per heavy atom. The molecule has 1 nitrogen and oxygen atoms in total. The van der Waals surface area contributed by atoms with Gasteiger partial charge in [0.1, 0.15) is 0 Å². The molecule has 20 heavy (non-hydrogen) atoms. The number of Topliss-reactive ketones (excluding diaryl/α,β-unsaturated/α-hetero) is 1. The Morgan fingerprint density at radius 1 is 1.25 bits per heavy atom. The van der Waals surface area contributed by atoms with Crippen molar-refractivity contribution in [2.24, 2.45) is 5.41 Å². The predicted octanol–water partition coefficient (Wildman–Crippen LogP) is 5.35. The maximum atomic E-state index is 11.7. The number of ketones is 1. The van der Waals surface area contributed by atoms with Crippen LogP contribution in [0, 0.1) is 5.41 Å². The molecule has 1 atom stereocenters. The summed E-state index contributed by atoms with van der Waals surface area (Å²) in [6, 6.07) is 0. The molecular weight excluding hydrogens is 263 g/mol. The first-order valence-electron chi connectivity index (χ1n) is 6.96. The summed E-state index contributed by atoms with van der Waals surface area (Å²) in [6.07, 6.45) is 8.41. The van der Waals surface area contributed by atoms with Gasteiger partial charge < -0.3 is 0 Å². The maximum Gasteiger partial charge on any atom is 0.159 e. The molecule has 0 aromatic heterocycles. The van der Waals surface area contributed by atoms with Crippen molar-refractivity contribution < 1.29 is 4.79 Å². The molecule has 0 aromatic rings. The molecule has 0 N–H and O–H groups in total. The summed E-state index contributed by atoms with van der Waals surface area (Å²) < 4.78 is 0. The Morgan fingerprint density at radius 3 is 2.10 bits per heavy atom. The highest BCUT2D eigenvalue weighted by atomic mass is 31.1. The molecule has 0 bridgehead atoms. The third kappa shape index (κ3) is 7.01. The van der Waals surface area contributed by atoms with Gasteiger partial charge in [0.15, 0.2) is 5.78 Å². The Labute approximate surface area is 126 Å². The van der Waals surface area contributed by atoms with E-state index in [1.54, 1.807) is 19.1 Å². The number of carbonyl (C=O) groups is 1. The zero-order chi connectivity index (χ0) is 15.9. The molecule has 0 aliphatic heterocycles. The highest BCUT2D eigenvalue weighted by molar-refractivity contribution is 7.57. The molecule has 0 aliphatic carbocycles. The third-order valence-corrected chi connectivity index (χ3v) is 4.80. The summed E-state index contributed by atoms with van der Waals surface area (Å²) >= 11 is 0. The largest absolute Gasteiger partial charge is 0.295 e. The minimum atomic E-state index is -0.136. The van der Waals surface area contributed by atoms with Crippen LogP contribution in [0.2, 0.25) is 0 Å². The minimum Gasteiger partial charge on any atom is -0.295 e. The zero-order valence-electron chi connectivity index (χ0n) is 13.9. The van der Waals surface area contributed by atoms with Crippen LogP contribution in [0.1, 0.15) is 34.1 Å². The van der Waals surface area contributed by atoms with E-state index < -0.39 is 0 Å². The van der Waals surface area contributed by atoms with Gasteiger partial charge in [-0.25, -0.2) is 0 Å². The molecule has 0 spiro atoms. The van der Waals surface area contributed by atoms with Crippen LogP contribution in [-0.4, -0.2) is 24.8 Å². The smallest absolute Gasteiger partial charge is 0.159 e. The van der Waals surface area contributed by atoms with E-state index in [-0.39, 0.29) is 19.1 Å². The molecule has 1 unspecified atom stereocenters. The fraction of sp³-hybridized carbons (Fsp3) is 0.500. The topological polar surface area (TPSA) is 17.1 Å². The summed E-state index contributed by atoms with van der Waals surface area (Å²) in [4.78, 5) is 11.7. The van der Waals surface area contributed by atoms with E-state index in [2.05, 4.69) is 47.3 Å². The Bertz CT molecular complexity index is 419. The molecule has 0 saturated heterocycles. The second-order valence-electron chi connectivity index (χ2n) is 6.51. The van der Waals surface area contributed by atoms with Crippen molar-refractivity contribution in [2.75, 3.05) is 13.3 Å². The summed E-state index contributed by atoms with van der Waals surface area (Å²) in [5, 5.41) is 0. The molecule has 0 rings (SSSR count). The predicted molar refractivity (Wildman–Crippen MR) is 93.9 cm³/mol. The maximum absolute atomic E-state index is 11.7. The van der Waals surface area contributed by atoms with Crippen molar-refractivity contribution in [3.8, 4) is 0 Å². The molecule has 0 fully saturated rings. The first kappa shape index (κ1) is 19.1. The molecule has 0 radical (unpaired) electrons. The fourth-order valence-corrected chi connectivity index (χ4v) is 3.73. The van der Waals surface area contributed by atoms with Gasteiger partial charge >= 0.3 is 0 Å². The van der Waals surface area contributed by atoms with E-state index in [0.717, 1.165) is 6.42 Å². The van der Waals surface area contributed by atoms with Gasteiger partial charge in [-0.3, -0.25) is 4.79 Å². The highest BCUT2D eigenvalue weighted by Gasteiger charge is 2.23. The van der Waals surface area contributed by atoms with E-state index in [4.69, 9.17) is 0 Å². The number of allylic oxidation sites excluding steroid dienone is 6. The first-order chi connectivity index (χ1) is 9.12. The summed E-state index contributed by atoms with van der Waals surface area (Å²) in [5.41, 5.74) is 2.60. The third-order valence-electron chi connectivity index (χ3n) is 3.08. The van der Waals surface area contributed by atoms with Crippen LogP contribution in [0.4, 0.5) is 0 Å². The number of hydrogen-bond acceptors (Lipinski definition) is 1.